The van der Waals surface area contributed by atoms with Crippen LogP contribution < -0.4 is 0 Å². The average molecular weight is 233 g/mol. The monoisotopic (exact) mass is 233 g/mol. The molecular formula is C15H23NO. The summed E-state index contributed by atoms with van der Waals surface area (Å²) in [6.07, 6.45) is 1.15. The Morgan fingerprint density at radius 3 is 2.29 bits per heavy atom. The van der Waals surface area contributed by atoms with Crippen LogP contribution in [-0.2, 0) is 10.3 Å². The van der Waals surface area contributed by atoms with Gasteiger partial charge >= 0.3 is 0 Å². The Balaban J connectivity index is 2.34. The molecule has 1 saturated heterocycles. The molecule has 0 radical (unpaired) electrons. The van der Waals surface area contributed by atoms with Gasteiger partial charge in [-0.1, -0.05) is 30.3 Å². The SMILES string of the molecule is C[C@@H]1O[C@@](C)(c2ccccc2)CC(C)(C)N1C. The van der Waals surface area contributed by atoms with Gasteiger partial charge in [0.15, 0.2) is 0 Å². The third kappa shape index (κ3) is 2.24. The molecule has 2 heteroatoms. The van der Waals surface area contributed by atoms with Gasteiger partial charge in [0.2, 0.25) is 0 Å². The summed E-state index contributed by atoms with van der Waals surface area (Å²) in [6, 6.07) is 10.5. The van der Waals surface area contributed by atoms with Crippen LogP contribution in [0.25, 0.3) is 0 Å². The van der Waals surface area contributed by atoms with E-state index < -0.39 is 0 Å². The lowest BCUT2D eigenvalue weighted by Crippen LogP contribution is -2.58. The van der Waals surface area contributed by atoms with Gasteiger partial charge < -0.3 is 4.74 Å². The third-order valence-electron chi connectivity index (χ3n) is 4.09. The Morgan fingerprint density at radius 2 is 1.76 bits per heavy atom. The van der Waals surface area contributed by atoms with Gasteiger partial charge in [0.25, 0.3) is 0 Å². The summed E-state index contributed by atoms with van der Waals surface area (Å²) in [5.41, 5.74) is 1.24. The highest BCUT2D eigenvalue weighted by atomic mass is 16.5. The summed E-state index contributed by atoms with van der Waals surface area (Å²) in [4.78, 5) is 2.30. The molecule has 0 spiro atoms. The first kappa shape index (κ1) is 12.6. The molecule has 1 heterocycles. The summed E-state index contributed by atoms with van der Waals surface area (Å²) in [5.74, 6) is 0. The van der Waals surface area contributed by atoms with Crippen molar-refractivity contribution >= 4 is 0 Å². The second-order valence-electron chi connectivity index (χ2n) is 5.91. The van der Waals surface area contributed by atoms with Crippen LogP contribution in [0.3, 0.4) is 0 Å². The zero-order valence-electron chi connectivity index (χ0n) is 11.5. The molecular weight excluding hydrogens is 210 g/mol. The number of hydrogen-bond donors (Lipinski definition) is 0. The van der Waals surface area contributed by atoms with Crippen LogP contribution in [0, 0.1) is 0 Å². The number of nitrogens with zero attached hydrogens (tertiary/aromatic N) is 1. The van der Waals surface area contributed by atoms with E-state index in [1.54, 1.807) is 0 Å². The lowest BCUT2D eigenvalue weighted by Gasteiger charge is -2.52. The average Bonchev–Trinajstić information content (AvgIpc) is 2.26. The van der Waals surface area contributed by atoms with Gasteiger partial charge in [0, 0.05) is 5.54 Å². The molecule has 0 unspecified atom stereocenters. The van der Waals surface area contributed by atoms with E-state index in [0.717, 1.165) is 6.42 Å². The topological polar surface area (TPSA) is 12.5 Å². The highest BCUT2D eigenvalue weighted by molar-refractivity contribution is 5.23. The van der Waals surface area contributed by atoms with E-state index in [4.69, 9.17) is 4.74 Å². The molecule has 0 saturated carbocycles. The normalized spacial score (nSPS) is 33.6. The fourth-order valence-corrected chi connectivity index (χ4v) is 2.90. The molecule has 1 aliphatic rings. The van der Waals surface area contributed by atoms with E-state index in [1.165, 1.54) is 5.56 Å². The fourth-order valence-electron chi connectivity index (χ4n) is 2.90. The number of rotatable bonds is 1. The summed E-state index contributed by atoms with van der Waals surface area (Å²) < 4.78 is 6.23. The molecule has 1 aromatic rings. The first-order valence-corrected chi connectivity index (χ1v) is 6.31. The van der Waals surface area contributed by atoms with Crippen molar-refractivity contribution in [1.29, 1.82) is 0 Å². The summed E-state index contributed by atoms with van der Waals surface area (Å²) in [5, 5.41) is 0. The minimum Gasteiger partial charge on any atom is -0.353 e. The quantitative estimate of drug-likeness (QED) is 0.737. The van der Waals surface area contributed by atoms with E-state index in [-0.39, 0.29) is 17.4 Å². The summed E-state index contributed by atoms with van der Waals surface area (Å²) in [6.45, 7) is 8.90. The predicted octanol–water partition coefficient (Wildman–Crippen LogP) is 3.38. The van der Waals surface area contributed by atoms with E-state index in [0.29, 0.717) is 0 Å². The molecule has 1 fully saturated rings. The van der Waals surface area contributed by atoms with E-state index >= 15 is 0 Å². The van der Waals surface area contributed by atoms with Gasteiger partial charge in [-0.2, -0.15) is 0 Å². The smallest absolute Gasteiger partial charge is 0.109 e. The Bertz CT molecular complexity index is 387. The van der Waals surface area contributed by atoms with E-state index in [9.17, 15) is 0 Å². The van der Waals surface area contributed by atoms with Crippen LogP contribution >= 0.6 is 0 Å². The van der Waals surface area contributed by atoms with Crippen LogP contribution in [-0.4, -0.2) is 23.7 Å². The molecule has 17 heavy (non-hydrogen) atoms. The maximum absolute atomic E-state index is 6.23. The molecule has 2 atom stereocenters. The van der Waals surface area contributed by atoms with Crippen LogP contribution in [0.1, 0.15) is 39.7 Å². The zero-order chi connectivity index (χ0) is 12.7. The minimum atomic E-state index is -0.184. The van der Waals surface area contributed by atoms with Gasteiger partial charge in [-0.25, -0.2) is 0 Å². The fraction of sp³-hybridized carbons (Fsp3) is 0.600. The zero-order valence-corrected chi connectivity index (χ0v) is 11.5. The lowest BCUT2D eigenvalue weighted by atomic mass is 9.80. The highest BCUT2D eigenvalue weighted by Gasteiger charge is 2.44. The van der Waals surface area contributed by atoms with E-state index in [1.807, 2.05) is 0 Å². The van der Waals surface area contributed by atoms with Crippen molar-refractivity contribution in [1.82, 2.24) is 4.90 Å². The van der Waals surface area contributed by atoms with Crippen molar-refractivity contribution in [2.75, 3.05) is 7.05 Å². The largest absolute Gasteiger partial charge is 0.353 e. The van der Waals surface area contributed by atoms with Crippen LogP contribution in [0.4, 0.5) is 0 Å². The molecule has 1 aromatic carbocycles. The van der Waals surface area contributed by atoms with Crippen molar-refractivity contribution in [3.05, 3.63) is 35.9 Å². The Morgan fingerprint density at radius 1 is 1.18 bits per heavy atom. The molecule has 0 amide bonds. The Labute approximate surface area is 105 Å². The summed E-state index contributed by atoms with van der Waals surface area (Å²) in [7, 11) is 2.13. The standard InChI is InChI=1S/C15H23NO/c1-12-16(5)14(2,3)11-15(4,17-12)13-9-7-6-8-10-13/h6-10,12H,11H2,1-5H3/t12-,15+/m0/s1. The molecule has 2 rings (SSSR count). The second-order valence-corrected chi connectivity index (χ2v) is 5.91. The predicted molar refractivity (Wildman–Crippen MR) is 70.8 cm³/mol. The van der Waals surface area contributed by atoms with Crippen molar-refractivity contribution in [2.45, 2.75) is 51.5 Å². The molecule has 94 valence electrons. The van der Waals surface area contributed by atoms with Crippen molar-refractivity contribution in [3.63, 3.8) is 0 Å². The van der Waals surface area contributed by atoms with Crippen molar-refractivity contribution in [2.24, 2.45) is 0 Å². The van der Waals surface area contributed by atoms with Crippen LogP contribution in [0.2, 0.25) is 0 Å². The molecule has 0 aromatic heterocycles. The maximum atomic E-state index is 6.23. The third-order valence-corrected chi connectivity index (χ3v) is 4.09. The second kappa shape index (κ2) is 4.11. The number of ether oxygens (including phenoxy) is 1. The first-order valence-electron chi connectivity index (χ1n) is 6.31. The van der Waals surface area contributed by atoms with Crippen molar-refractivity contribution in [3.8, 4) is 0 Å². The van der Waals surface area contributed by atoms with Gasteiger partial charge in [0.05, 0.1) is 5.60 Å². The number of benzene rings is 1. The number of hydrogen-bond acceptors (Lipinski definition) is 2. The van der Waals surface area contributed by atoms with Crippen LogP contribution in [0.5, 0.6) is 0 Å². The van der Waals surface area contributed by atoms with Gasteiger partial charge in [-0.15, -0.1) is 0 Å². The first-order chi connectivity index (χ1) is 7.85. The molecule has 0 N–H and O–H groups in total. The Hall–Kier alpha value is -0.860. The Kier molecular flexibility index (Phi) is 3.04. The minimum absolute atomic E-state index is 0.143. The maximum Gasteiger partial charge on any atom is 0.109 e. The lowest BCUT2D eigenvalue weighted by molar-refractivity contribution is -0.220. The highest BCUT2D eigenvalue weighted by Crippen LogP contribution is 2.42. The van der Waals surface area contributed by atoms with Crippen LogP contribution in [0.15, 0.2) is 30.3 Å². The molecule has 1 aliphatic heterocycles. The van der Waals surface area contributed by atoms with E-state index in [2.05, 4.69) is 70.0 Å². The molecule has 0 bridgehead atoms. The molecule has 2 nitrogen and oxygen atoms in total. The van der Waals surface area contributed by atoms with Gasteiger partial charge in [-0.3, -0.25) is 4.90 Å². The van der Waals surface area contributed by atoms with Gasteiger partial charge in [0.1, 0.15) is 6.23 Å². The van der Waals surface area contributed by atoms with Crippen molar-refractivity contribution < 1.29 is 4.74 Å². The molecule has 0 aliphatic carbocycles. The summed E-state index contributed by atoms with van der Waals surface area (Å²) >= 11 is 0. The van der Waals surface area contributed by atoms with Gasteiger partial charge in [-0.05, 0) is 46.7 Å².